The minimum atomic E-state index is -3.55. The van der Waals surface area contributed by atoms with Crippen LogP contribution in [0.1, 0.15) is 57.8 Å². The van der Waals surface area contributed by atoms with Crippen LogP contribution in [0.4, 0.5) is 0 Å². The Morgan fingerprint density at radius 3 is 2.52 bits per heavy atom. The van der Waals surface area contributed by atoms with Gasteiger partial charge in [-0.25, -0.2) is 13.1 Å². The van der Waals surface area contributed by atoms with Crippen molar-refractivity contribution in [3.63, 3.8) is 0 Å². The summed E-state index contributed by atoms with van der Waals surface area (Å²) < 4.78 is 28.4. The van der Waals surface area contributed by atoms with Gasteiger partial charge in [-0.15, -0.1) is 0 Å². The molecular formula is C14H26N4O2S. The molecule has 1 aromatic heterocycles. The molecule has 0 saturated heterocycles. The van der Waals surface area contributed by atoms with Gasteiger partial charge in [0.15, 0.2) is 0 Å². The number of aromatic amines is 1. The molecule has 0 aromatic carbocycles. The van der Waals surface area contributed by atoms with E-state index in [1.165, 1.54) is 0 Å². The summed E-state index contributed by atoms with van der Waals surface area (Å²) in [6.45, 7) is 8.21. The Labute approximate surface area is 127 Å². The Balaban J connectivity index is 2.25. The molecule has 21 heavy (non-hydrogen) atoms. The van der Waals surface area contributed by atoms with E-state index in [1.54, 1.807) is 6.92 Å². The summed E-state index contributed by atoms with van der Waals surface area (Å²) in [6, 6.07) is 0.276. The highest BCUT2D eigenvalue weighted by molar-refractivity contribution is 7.89. The van der Waals surface area contributed by atoms with Crippen molar-refractivity contribution in [1.29, 1.82) is 0 Å². The summed E-state index contributed by atoms with van der Waals surface area (Å²) in [5.74, 6) is 0. The molecule has 0 aliphatic heterocycles. The van der Waals surface area contributed by atoms with Crippen molar-refractivity contribution in [3.05, 3.63) is 11.4 Å². The lowest BCUT2D eigenvalue weighted by atomic mass is 10.0. The molecule has 0 amide bonds. The van der Waals surface area contributed by atoms with Gasteiger partial charge in [-0.1, -0.05) is 26.7 Å². The molecule has 1 aliphatic carbocycles. The van der Waals surface area contributed by atoms with Crippen molar-refractivity contribution in [2.75, 3.05) is 0 Å². The highest BCUT2D eigenvalue weighted by Crippen LogP contribution is 2.31. The van der Waals surface area contributed by atoms with Crippen LogP contribution in [-0.2, 0) is 16.6 Å². The molecule has 3 N–H and O–H groups in total. The quantitative estimate of drug-likeness (QED) is 0.747. The van der Waals surface area contributed by atoms with E-state index >= 15 is 0 Å². The first-order chi connectivity index (χ1) is 9.73. The zero-order valence-corrected chi connectivity index (χ0v) is 14.1. The van der Waals surface area contributed by atoms with Crippen molar-refractivity contribution in [2.24, 2.45) is 0 Å². The van der Waals surface area contributed by atoms with E-state index < -0.39 is 10.0 Å². The Morgan fingerprint density at radius 1 is 1.33 bits per heavy atom. The van der Waals surface area contributed by atoms with Gasteiger partial charge in [0, 0.05) is 18.1 Å². The fourth-order valence-electron chi connectivity index (χ4n) is 2.88. The molecule has 1 heterocycles. The maximum absolute atomic E-state index is 12.7. The molecule has 1 aromatic rings. The summed E-state index contributed by atoms with van der Waals surface area (Å²) in [4.78, 5) is 0.295. The average Bonchev–Trinajstić information content (AvgIpc) is 2.92. The minimum absolute atomic E-state index is 0.276. The molecule has 7 heteroatoms. The summed E-state index contributed by atoms with van der Waals surface area (Å²) in [7, 11) is -3.55. The molecule has 0 radical (unpaired) electrons. The van der Waals surface area contributed by atoms with Crippen LogP contribution in [0.25, 0.3) is 0 Å². The summed E-state index contributed by atoms with van der Waals surface area (Å²) >= 11 is 0. The van der Waals surface area contributed by atoms with Gasteiger partial charge in [0.1, 0.15) is 4.90 Å². The second kappa shape index (κ2) is 6.06. The lowest BCUT2D eigenvalue weighted by Crippen LogP contribution is -2.44. The zero-order valence-electron chi connectivity index (χ0n) is 13.3. The molecule has 6 nitrogen and oxygen atoms in total. The first-order valence-corrected chi connectivity index (χ1v) is 9.03. The van der Waals surface area contributed by atoms with Gasteiger partial charge in [0.25, 0.3) is 0 Å². The number of rotatable bonds is 6. The Bertz CT molecular complexity index is 586. The molecule has 120 valence electrons. The Hall–Kier alpha value is -0.920. The predicted molar refractivity (Wildman–Crippen MR) is 82.5 cm³/mol. The number of sulfonamides is 1. The molecule has 0 spiro atoms. The van der Waals surface area contributed by atoms with Crippen molar-refractivity contribution >= 4 is 10.0 Å². The zero-order chi connectivity index (χ0) is 15.7. The molecular weight excluding hydrogens is 288 g/mol. The van der Waals surface area contributed by atoms with E-state index in [4.69, 9.17) is 0 Å². The van der Waals surface area contributed by atoms with Crippen LogP contribution in [-0.4, -0.2) is 30.2 Å². The van der Waals surface area contributed by atoms with Crippen molar-refractivity contribution < 1.29 is 8.42 Å². The fraction of sp³-hybridized carbons (Fsp3) is 0.786. The van der Waals surface area contributed by atoms with Gasteiger partial charge in [0.2, 0.25) is 10.0 Å². The molecule has 2 rings (SSSR count). The third-order valence-electron chi connectivity index (χ3n) is 4.00. The van der Waals surface area contributed by atoms with Crippen LogP contribution >= 0.6 is 0 Å². The number of H-pyrrole nitrogens is 1. The molecule has 1 fully saturated rings. The van der Waals surface area contributed by atoms with E-state index in [0.717, 1.165) is 25.7 Å². The Kier molecular flexibility index (Phi) is 4.75. The van der Waals surface area contributed by atoms with Gasteiger partial charge in [-0.2, -0.15) is 5.10 Å². The highest BCUT2D eigenvalue weighted by Gasteiger charge is 2.35. The molecule has 1 aliphatic rings. The standard InChI is InChI=1S/C14H26N4O2S/c1-10(2)15-9-12-13(11(3)16-17-12)21(19,20)18-14(4)7-5-6-8-14/h10,15,18H,5-9H2,1-4H3,(H,16,17). The SMILES string of the molecule is Cc1[nH]nc(CNC(C)C)c1S(=O)(=O)NC1(C)CCCC1. The van der Waals surface area contributed by atoms with Gasteiger partial charge >= 0.3 is 0 Å². The normalized spacial score (nSPS) is 18.5. The number of nitrogens with one attached hydrogen (secondary N) is 3. The number of hydrogen-bond acceptors (Lipinski definition) is 4. The van der Waals surface area contributed by atoms with Crippen LogP contribution in [0.15, 0.2) is 4.90 Å². The molecule has 1 saturated carbocycles. The Morgan fingerprint density at radius 2 is 1.95 bits per heavy atom. The molecule has 0 unspecified atom stereocenters. The maximum Gasteiger partial charge on any atom is 0.244 e. The van der Waals surface area contributed by atoms with E-state index in [-0.39, 0.29) is 11.6 Å². The maximum atomic E-state index is 12.7. The summed E-state index contributed by atoms with van der Waals surface area (Å²) in [6.07, 6.45) is 3.93. The van der Waals surface area contributed by atoms with Crippen molar-refractivity contribution in [3.8, 4) is 0 Å². The lowest BCUT2D eigenvalue weighted by Gasteiger charge is -2.25. The van der Waals surface area contributed by atoms with Gasteiger partial charge in [-0.3, -0.25) is 5.10 Å². The summed E-state index contributed by atoms with van der Waals surface area (Å²) in [5, 5.41) is 10.2. The largest absolute Gasteiger partial charge is 0.309 e. The van der Waals surface area contributed by atoms with Crippen molar-refractivity contribution in [2.45, 2.75) is 76.4 Å². The van der Waals surface area contributed by atoms with Gasteiger partial charge < -0.3 is 5.32 Å². The first-order valence-electron chi connectivity index (χ1n) is 7.55. The van der Waals surface area contributed by atoms with Crippen LogP contribution in [0.3, 0.4) is 0 Å². The fourth-order valence-corrected chi connectivity index (χ4v) is 4.71. The van der Waals surface area contributed by atoms with Crippen LogP contribution < -0.4 is 10.0 Å². The number of nitrogens with zero attached hydrogens (tertiary/aromatic N) is 1. The predicted octanol–water partition coefficient (Wildman–Crippen LogP) is 1.83. The van der Waals surface area contributed by atoms with E-state index in [0.29, 0.717) is 22.8 Å². The van der Waals surface area contributed by atoms with Crippen LogP contribution in [0.5, 0.6) is 0 Å². The number of aryl methyl sites for hydroxylation is 1. The summed E-state index contributed by atoms with van der Waals surface area (Å²) in [5.41, 5.74) is 0.811. The van der Waals surface area contributed by atoms with E-state index in [2.05, 4.69) is 20.2 Å². The topological polar surface area (TPSA) is 86.9 Å². The number of hydrogen-bond donors (Lipinski definition) is 3. The minimum Gasteiger partial charge on any atom is -0.309 e. The average molecular weight is 314 g/mol. The van der Waals surface area contributed by atoms with E-state index in [9.17, 15) is 8.42 Å². The van der Waals surface area contributed by atoms with Crippen molar-refractivity contribution in [1.82, 2.24) is 20.2 Å². The van der Waals surface area contributed by atoms with E-state index in [1.807, 2.05) is 20.8 Å². The molecule has 0 bridgehead atoms. The lowest BCUT2D eigenvalue weighted by molar-refractivity contribution is 0.427. The molecule has 0 atom stereocenters. The smallest absolute Gasteiger partial charge is 0.244 e. The first kappa shape index (κ1) is 16.5. The van der Waals surface area contributed by atoms with Gasteiger partial charge in [-0.05, 0) is 26.7 Å². The third kappa shape index (κ3) is 3.84. The second-order valence-electron chi connectivity index (χ2n) is 6.53. The van der Waals surface area contributed by atoms with Crippen LogP contribution in [0.2, 0.25) is 0 Å². The van der Waals surface area contributed by atoms with Crippen LogP contribution in [0, 0.1) is 6.92 Å². The highest BCUT2D eigenvalue weighted by atomic mass is 32.2. The third-order valence-corrected chi connectivity index (χ3v) is 5.84. The number of aromatic nitrogens is 2. The second-order valence-corrected chi connectivity index (χ2v) is 8.15. The van der Waals surface area contributed by atoms with Gasteiger partial charge in [0.05, 0.1) is 11.4 Å². The monoisotopic (exact) mass is 314 g/mol.